The van der Waals surface area contributed by atoms with E-state index in [4.69, 9.17) is 5.11 Å². The van der Waals surface area contributed by atoms with Crippen molar-refractivity contribution in [1.29, 1.82) is 0 Å². The van der Waals surface area contributed by atoms with Crippen LogP contribution in [0.2, 0.25) is 0 Å². The van der Waals surface area contributed by atoms with Gasteiger partial charge in [0.2, 0.25) is 0 Å². The van der Waals surface area contributed by atoms with E-state index in [-0.39, 0.29) is 18.1 Å². The SMILES string of the molecule is O=C1CCCC(O)=C1C=NCCN1CCN(CCO)CC1. The Bertz CT molecular complexity index is 412. The van der Waals surface area contributed by atoms with E-state index in [2.05, 4.69) is 14.8 Å². The third-order valence-corrected chi connectivity index (χ3v) is 4.08. The molecular formula is C15H25N3O3. The lowest BCUT2D eigenvalue weighted by Crippen LogP contribution is -2.47. The molecule has 0 spiro atoms. The molecule has 0 radical (unpaired) electrons. The molecule has 0 saturated carbocycles. The molecule has 0 bridgehead atoms. The summed E-state index contributed by atoms with van der Waals surface area (Å²) < 4.78 is 0. The Hall–Kier alpha value is -1.24. The van der Waals surface area contributed by atoms with Crippen molar-refractivity contribution in [2.24, 2.45) is 4.99 Å². The summed E-state index contributed by atoms with van der Waals surface area (Å²) in [6, 6.07) is 0. The van der Waals surface area contributed by atoms with Crippen LogP contribution in [0.1, 0.15) is 19.3 Å². The molecule has 0 atom stereocenters. The Labute approximate surface area is 125 Å². The van der Waals surface area contributed by atoms with E-state index >= 15 is 0 Å². The second kappa shape index (κ2) is 8.26. The third-order valence-electron chi connectivity index (χ3n) is 4.08. The third kappa shape index (κ3) is 4.91. The zero-order chi connectivity index (χ0) is 15.1. The first-order chi connectivity index (χ1) is 10.2. The van der Waals surface area contributed by atoms with Crippen molar-refractivity contribution in [3.63, 3.8) is 0 Å². The van der Waals surface area contributed by atoms with E-state index < -0.39 is 0 Å². The number of ketones is 1. The van der Waals surface area contributed by atoms with E-state index in [9.17, 15) is 9.90 Å². The highest BCUT2D eigenvalue weighted by Crippen LogP contribution is 2.18. The van der Waals surface area contributed by atoms with Gasteiger partial charge in [-0.15, -0.1) is 0 Å². The lowest BCUT2D eigenvalue weighted by atomic mass is 9.97. The van der Waals surface area contributed by atoms with E-state index in [1.165, 1.54) is 0 Å². The maximum atomic E-state index is 11.7. The van der Waals surface area contributed by atoms with Crippen LogP contribution >= 0.6 is 0 Å². The average molecular weight is 295 g/mol. The molecule has 1 saturated heterocycles. The molecule has 6 heteroatoms. The molecule has 118 valence electrons. The molecule has 0 amide bonds. The van der Waals surface area contributed by atoms with Crippen molar-refractivity contribution in [2.45, 2.75) is 19.3 Å². The Balaban J connectivity index is 1.70. The quantitative estimate of drug-likeness (QED) is 0.686. The summed E-state index contributed by atoms with van der Waals surface area (Å²) in [5.41, 5.74) is 0.397. The van der Waals surface area contributed by atoms with Crippen molar-refractivity contribution in [2.75, 3.05) is 52.4 Å². The Morgan fingerprint density at radius 3 is 2.38 bits per heavy atom. The minimum Gasteiger partial charge on any atom is -0.512 e. The summed E-state index contributed by atoms with van der Waals surface area (Å²) >= 11 is 0. The lowest BCUT2D eigenvalue weighted by Gasteiger charge is -2.33. The molecule has 0 aromatic heterocycles. The zero-order valence-corrected chi connectivity index (χ0v) is 12.5. The number of allylic oxidation sites excluding steroid dienone is 2. The smallest absolute Gasteiger partial charge is 0.167 e. The molecular weight excluding hydrogens is 270 g/mol. The lowest BCUT2D eigenvalue weighted by molar-refractivity contribution is -0.115. The molecule has 2 N–H and O–H groups in total. The summed E-state index contributed by atoms with van der Waals surface area (Å²) in [4.78, 5) is 20.5. The van der Waals surface area contributed by atoms with Crippen molar-refractivity contribution >= 4 is 12.0 Å². The summed E-state index contributed by atoms with van der Waals surface area (Å²) in [6.45, 7) is 6.42. The van der Waals surface area contributed by atoms with Crippen LogP contribution in [-0.4, -0.2) is 84.4 Å². The first-order valence-electron chi connectivity index (χ1n) is 7.71. The standard InChI is InChI=1S/C15H25N3O3/c19-11-10-18-8-6-17(7-9-18)5-4-16-12-13-14(20)2-1-3-15(13)21/h12,19-20H,1-11H2. The number of nitrogens with zero attached hydrogens (tertiary/aromatic N) is 3. The highest BCUT2D eigenvalue weighted by Gasteiger charge is 2.18. The van der Waals surface area contributed by atoms with Crippen molar-refractivity contribution in [3.05, 3.63) is 11.3 Å². The van der Waals surface area contributed by atoms with Gasteiger partial charge in [-0.3, -0.25) is 19.6 Å². The van der Waals surface area contributed by atoms with Crippen molar-refractivity contribution in [1.82, 2.24) is 9.80 Å². The molecule has 21 heavy (non-hydrogen) atoms. The van der Waals surface area contributed by atoms with Crippen LogP contribution in [0.3, 0.4) is 0 Å². The molecule has 1 fully saturated rings. The Kier molecular flexibility index (Phi) is 6.35. The van der Waals surface area contributed by atoms with Gasteiger partial charge in [0.1, 0.15) is 5.76 Å². The monoisotopic (exact) mass is 295 g/mol. The van der Waals surface area contributed by atoms with Crippen LogP contribution in [0.4, 0.5) is 0 Å². The van der Waals surface area contributed by atoms with Gasteiger partial charge in [0.15, 0.2) is 5.78 Å². The van der Waals surface area contributed by atoms with Gasteiger partial charge < -0.3 is 10.2 Å². The predicted molar refractivity (Wildman–Crippen MR) is 81.8 cm³/mol. The fourth-order valence-corrected chi connectivity index (χ4v) is 2.73. The van der Waals surface area contributed by atoms with E-state index in [1.807, 2.05) is 0 Å². The van der Waals surface area contributed by atoms with Crippen LogP contribution in [0.25, 0.3) is 0 Å². The molecule has 0 aromatic carbocycles. The van der Waals surface area contributed by atoms with Gasteiger partial charge in [-0.1, -0.05) is 0 Å². The molecule has 2 rings (SSSR count). The number of rotatable bonds is 6. The molecule has 0 aromatic rings. The van der Waals surface area contributed by atoms with Crippen molar-refractivity contribution in [3.8, 4) is 0 Å². The molecule has 1 heterocycles. The average Bonchev–Trinajstić information content (AvgIpc) is 2.48. The van der Waals surface area contributed by atoms with E-state index in [1.54, 1.807) is 6.21 Å². The minimum absolute atomic E-state index is 0.000109. The number of hydrogen-bond donors (Lipinski definition) is 2. The first kappa shape index (κ1) is 16.1. The number of β-amino-alcohol motifs (C(OH)–C–C–N with tert-alkyl or cyclic N) is 1. The van der Waals surface area contributed by atoms with Gasteiger partial charge in [-0.25, -0.2) is 0 Å². The molecule has 0 unspecified atom stereocenters. The summed E-state index contributed by atoms with van der Waals surface area (Å²) in [5, 5.41) is 18.6. The Morgan fingerprint density at radius 1 is 1.10 bits per heavy atom. The number of hydrogen-bond acceptors (Lipinski definition) is 6. The van der Waals surface area contributed by atoms with E-state index in [0.717, 1.165) is 45.7 Å². The fourth-order valence-electron chi connectivity index (χ4n) is 2.73. The number of piperazine rings is 1. The van der Waals surface area contributed by atoms with Gasteiger partial charge in [-0.2, -0.15) is 0 Å². The second-order valence-electron chi connectivity index (χ2n) is 5.58. The molecule has 1 aliphatic carbocycles. The zero-order valence-electron chi connectivity index (χ0n) is 12.5. The molecule has 1 aliphatic heterocycles. The van der Waals surface area contributed by atoms with Crippen LogP contribution in [-0.2, 0) is 4.79 Å². The van der Waals surface area contributed by atoms with Gasteiger partial charge in [-0.05, 0) is 6.42 Å². The topological polar surface area (TPSA) is 76.4 Å². The largest absolute Gasteiger partial charge is 0.512 e. The maximum absolute atomic E-state index is 11.7. The number of carbonyl (C=O) groups excluding carboxylic acids is 1. The normalized spacial score (nSPS) is 22.4. The van der Waals surface area contributed by atoms with Gasteiger partial charge in [0, 0.05) is 58.3 Å². The minimum atomic E-state index is 0.000109. The number of aliphatic hydroxyl groups excluding tert-OH is 2. The van der Waals surface area contributed by atoms with E-state index in [0.29, 0.717) is 25.0 Å². The Morgan fingerprint density at radius 2 is 1.76 bits per heavy atom. The van der Waals surface area contributed by atoms with Gasteiger partial charge in [0.05, 0.1) is 18.7 Å². The number of Topliss-reactive ketones (excluding diaryl/α,β-unsaturated/α-hetero) is 1. The van der Waals surface area contributed by atoms with Gasteiger partial charge in [0.25, 0.3) is 0 Å². The molecule has 2 aliphatic rings. The highest BCUT2D eigenvalue weighted by atomic mass is 16.3. The van der Waals surface area contributed by atoms with Crippen LogP contribution < -0.4 is 0 Å². The van der Waals surface area contributed by atoms with Crippen LogP contribution in [0, 0.1) is 0 Å². The maximum Gasteiger partial charge on any atom is 0.167 e. The number of carbonyl (C=O) groups is 1. The van der Waals surface area contributed by atoms with Crippen molar-refractivity contribution < 1.29 is 15.0 Å². The summed E-state index contributed by atoms with van der Waals surface area (Å²) in [6.07, 6.45) is 3.37. The fraction of sp³-hybridized carbons (Fsp3) is 0.733. The highest BCUT2D eigenvalue weighted by molar-refractivity contribution is 6.14. The summed E-state index contributed by atoms with van der Waals surface area (Å²) in [7, 11) is 0. The van der Waals surface area contributed by atoms with Crippen LogP contribution in [0.15, 0.2) is 16.3 Å². The number of aliphatic hydroxyl groups is 2. The van der Waals surface area contributed by atoms with Gasteiger partial charge >= 0.3 is 0 Å². The number of aliphatic imine (C=N–C) groups is 1. The predicted octanol–water partition coefficient (Wildman–Crippen LogP) is 0.232. The second-order valence-corrected chi connectivity index (χ2v) is 5.58. The summed E-state index contributed by atoms with van der Waals surface area (Å²) in [5.74, 6) is 0.188. The molecule has 6 nitrogen and oxygen atoms in total. The van der Waals surface area contributed by atoms with Crippen LogP contribution in [0.5, 0.6) is 0 Å². The first-order valence-corrected chi connectivity index (χ1v) is 7.71.